The van der Waals surface area contributed by atoms with Crippen molar-refractivity contribution in [2.45, 2.75) is 26.0 Å². The highest BCUT2D eigenvalue weighted by Gasteiger charge is 2.22. The Morgan fingerprint density at radius 3 is 2.64 bits per heavy atom. The lowest BCUT2D eigenvalue weighted by molar-refractivity contribution is 0.0905. The van der Waals surface area contributed by atoms with Gasteiger partial charge in [0.1, 0.15) is 17.9 Å². The molecule has 0 radical (unpaired) electrons. The van der Waals surface area contributed by atoms with Crippen molar-refractivity contribution in [3.8, 4) is 5.75 Å². The van der Waals surface area contributed by atoms with E-state index >= 15 is 0 Å². The van der Waals surface area contributed by atoms with Gasteiger partial charge in [-0.1, -0.05) is 36.4 Å². The first-order valence-corrected chi connectivity index (χ1v) is 8.29. The molecular formula is C20H21NO4. The molecule has 0 aliphatic heterocycles. The number of furan rings is 1. The van der Waals surface area contributed by atoms with Crippen LogP contribution in [0.25, 0.3) is 11.0 Å². The monoisotopic (exact) mass is 339 g/mol. The number of hydrogen-bond donors (Lipinski definition) is 2. The molecular weight excluding hydrogens is 318 g/mol. The van der Waals surface area contributed by atoms with Crippen LogP contribution in [0.3, 0.4) is 0 Å². The van der Waals surface area contributed by atoms with Gasteiger partial charge in [-0.2, -0.15) is 0 Å². The average Bonchev–Trinajstić information content (AvgIpc) is 3.00. The number of carbonyl (C=O) groups excluding carboxylic acids is 1. The van der Waals surface area contributed by atoms with Crippen molar-refractivity contribution in [2.75, 3.05) is 6.61 Å². The van der Waals surface area contributed by atoms with Gasteiger partial charge in [0.25, 0.3) is 5.91 Å². The molecule has 3 aromatic rings. The number of aliphatic hydroxyl groups excluding tert-OH is 1. The normalized spacial score (nSPS) is 12.1. The lowest BCUT2D eigenvalue weighted by Gasteiger charge is -2.12. The highest BCUT2D eigenvalue weighted by Crippen LogP contribution is 2.27. The van der Waals surface area contributed by atoms with Crippen LogP contribution >= 0.6 is 0 Å². The van der Waals surface area contributed by atoms with Crippen molar-refractivity contribution in [1.29, 1.82) is 0 Å². The molecule has 1 amide bonds. The summed E-state index contributed by atoms with van der Waals surface area (Å²) < 4.78 is 11.6. The number of rotatable bonds is 7. The molecule has 2 aromatic carbocycles. The molecule has 2 N–H and O–H groups in total. The first-order chi connectivity index (χ1) is 12.2. The van der Waals surface area contributed by atoms with Crippen LogP contribution in [0, 0.1) is 0 Å². The molecule has 0 aliphatic carbocycles. The van der Waals surface area contributed by atoms with E-state index < -0.39 is 0 Å². The molecule has 3 rings (SSSR count). The predicted octanol–water partition coefficient (Wildman–Crippen LogP) is 3.51. The summed E-state index contributed by atoms with van der Waals surface area (Å²) in [7, 11) is 0. The molecule has 0 aliphatic rings. The maximum atomic E-state index is 12.6. The highest BCUT2D eigenvalue weighted by atomic mass is 16.5. The fraction of sp³-hybridized carbons (Fsp3) is 0.250. The zero-order valence-corrected chi connectivity index (χ0v) is 14.1. The highest BCUT2D eigenvalue weighted by molar-refractivity contribution is 5.99. The number of ether oxygens (including phenoxy) is 1. The summed E-state index contributed by atoms with van der Waals surface area (Å²) in [5.74, 6) is 0.679. The number of aliphatic hydroxyl groups is 1. The van der Waals surface area contributed by atoms with E-state index in [2.05, 4.69) is 5.32 Å². The van der Waals surface area contributed by atoms with Gasteiger partial charge in [-0.3, -0.25) is 4.79 Å². The number of nitrogens with one attached hydrogen (secondary N) is 1. The second-order valence-corrected chi connectivity index (χ2v) is 5.89. The van der Waals surface area contributed by atoms with Crippen molar-refractivity contribution >= 4 is 16.9 Å². The summed E-state index contributed by atoms with van der Waals surface area (Å²) in [4.78, 5) is 12.6. The van der Waals surface area contributed by atoms with Gasteiger partial charge in [-0.25, -0.2) is 0 Å². The van der Waals surface area contributed by atoms with Crippen molar-refractivity contribution in [1.82, 2.24) is 5.32 Å². The van der Waals surface area contributed by atoms with E-state index in [0.29, 0.717) is 17.6 Å². The topological polar surface area (TPSA) is 71.7 Å². The van der Waals surface area contributed by atoms with Gasteiger partial charge < -0.3 is 19.6 Å². The summed E-state index contributed by atoms with van der Waals surface area (Å²) in [6.45, 7) is 2.10. The Morgan fingerprint density at radius 2 is 1.88 bits per heavy atom. The summed E-state index contributed by atoms with van der Waals surface area (Å²) in [6.07, 6.45) is 0.488. The fourth-order valence-electron chi connectivity index (χ4n) is 2.65. The van der Waals surface area contributed by atoms with Gasteiger partial charge in [-0.15, -0.1) is 0 Å². The third-order valence-electron chi connectivity index (χ3n) is 3.97. The second kappa shape index (κ2) is 7.85. The SMILES string of the molecule is CC(CCO)NC(=O)c1oc2ccccc2c1COc1ccccc1. The molecule has 1 atom stereocenters. The molecule has 0 saturated carbocycles. The maximum Gasteiger partial charge on any atom is 0.287 e. The Morgan fingerprint density at radius 1 is 1.16 bits per heavy atom. The number of fused-ring (bicyclic) bond motifs is 1. The molecule has 5 nitrogen and oxygen atoms in total. The molecule has 1 unspecified atom stereocenters. The Hall–Kier alpha value is -2.79. The first kappa shape index (κ1) is 17.0. The van der Waals surface area contributed by atoms with Gasteiger partial charge in [0.15, 0.2) is 5.76 Å². The molecule has 0 bridgehead atoms. The fourth-order valence-corrected chi connectivity index (χ4v) is 2.65. The van der Waals surface area contributed by atoms with Crippen LogP contribution in [0.5, 0.6) is 5.75 Å². The van der Waals surface area contributed by atoms with Crippen LogP contribution < -0.4 is 10.1 Å². The van der Waals surface area contributed by atoms with Crippen LogP contribution in [0.2, 0.25) is 0 Å². The Kier molecular flexibility index (Phi) is 5.36. The van der Waals surface area contributed by atoms with Crippen LogP contribution in [0.15, 0.2) is 59.0 Å². The van der Waals surface area contributed by atoms with Gasteiger partial charge in [0.2, 0.25) is 0 Å². The van der Waals surface area contributed by atoms with Gasteiger partial charge >= 0.3 is 0 Å². The summed E-state index contributed by atoms with van der Waals surface area (Å²) in [6, 6.07) is 16.8. The largest absolute Gasteiger partial charge is 0.489 e. The zero-order valence-electron chi connectivity index (χ0n) is 14.1. The molecule has 5 heteroatoms. The van der Waals surface area contributed by atoms with Crippen molar-refractivity contribution in [3.63, 3.8) is 0 Å². The smallest absolute Gasteiger partial charge is 0.287 e. The van der Waals surface area contributed by atoms with Crippen molar-refractivity contribution in [3.05, 3.63) is 65.9 Å². The van der Waals surface area contributed by atoms with Crippen LogP contribution in [0.4, 0.5) is 0 Å². The number of hydrogen-bond acceptors (Lipinski definition) is 4. The Labute approximate surface area is 146 Å². The molecule has 1 heterocycles. The summed E-state index contributed by atoms with van der Waals surface area (Å²) in [5.41, 5.74) is 1.36. The maximum absolute atomic E-state index is 12.6. The second-order valence-electron chi connectivity index (χ2n) is 5.89. The minimum atomic E-state index is -0.302. The van der Waals surface area contributed by atoms with Crippen LogP contribution in [-0.2, 0) is 6.61 Å². The number of carbonyl (C=O) groups is 1. The number of amides is 1. The van der Waals surface area contributed by atoms with Crippen LogP contribution in [0.1, 0.15) is 29.5 Å². The third kappa shape index (κ3) is 4.00. The summed E-state index contributed by atoms with van der Waals surface area (Å²) in [5, 5.41) is 12.7. The molecule has 25 heavy (non-hydrogen) atoms. The lowest BCUT2D eigenvalue weighted by atomic mass is 10.1. The quantitative estimate of drug-likeness (QED) is 0.691. The Bertz CT molecular complexity index is 841. The van der Waals surface area contributed by atoms with Gasteiger partial charge in [0, 0.05) is 23.6 Å². The predicted molar refractivity (Wildman–Crippen MR) is 95.6 cm³/mol. The standard InChI is InChI=1S/C20H21NO4/c1-14(11-12-22)21-20(23)19-17(13-24-15-7-3-2-4-8-15)16-9-5-6-10-18(16)25-19/h2-10,14,22H,11-13H2,1H3,(H,21,23). The van der Waals surface area contributed by atoms with E-state index in [9.17, 15) is 4.79 Å². The first-order valence-electron chi connectivity index (χ1n) is 8.29. The number of para-hydroxylation sites is 2. The average molecular weight is 339 g/mol. The molecule has 0 fully saturated rings. The molecule has 0 spiro atoms. The molecule has 130 valence electrons. The number of benzene rings is 2. The van der Waals surface area contributed by atoms with Gasteiger partial charge in [0.05, 0.1) is 0 Å². The third-order valence-corrected chi connectivity index (χ3v) is 3.97. The zero-order chi connectivity index (χ0) is 17.6. The van der Waals surface area contributed by atoms with Gasteiger partial charge in [-0.05, 0) is 31.5 Å². The summed E-state index contributed by atoms with van der Waals surface area (Å²) >= 11 is 0. The molecule has 1 aromatic heterocycles. The van der Waals surface area contributed by atoms with E-state index in [1.165, 1.54) is 0 Å². The van der Waals surface area contributed by atoms with E-state index in [0.717, 1.165) is 11.1 Å². The van der Waals surface area contributed by atoms with E-state index in [4.69, 9.17) is 14.3 Å². The van der Waals surface area contributed by atoms with E-state index in [-0.39, 0.29) is 30.9 Å². The lowest BCUT2D eigenvalue weighted by Crippen LogP contribution is -2.33. The minimum absolute atomic E-state index is 0.0194. The Balaban J connectivity index is 1.87. The molecule has 0 saturated heterocycles. The minimum Gasteiger partial charge on any atom is -0.489 e. The van der Waals surface area contributed by atoms with E-state index in [1.807, 2.05) is 61.5 Å². The van der Waals surface area contributed by atoms with Crippen molar-refractivity contribution in [2.24, 2.45) is 0 Å². The van der Waals surface area contributed by atoms with E-state index in [1.54, 1.807) is 0 Å². The van der Waals surface area contributed by atoms with Crippen molar-refractivity contribution < 1.29 is 19.1 Å². The van der Waals surface area contributed by atoms with Crippen LogP contribution in [-0.4, -0.2) is 23.7 Å².